The molecule has 3 N–H and O–H groups in total. The molecule has 0 spiro atoms. The maximum atomic E-state index is 12.9. The van der Waals surface area contributed by atoms with Gasteiger partial charge in [0.1, 0.15) is 5.82 Å². The highest BCUT2D eigenvalue weighted by molar-refractivity contribution is 7.98. The van der Waals surface area contributed by atoms with Crippen molar-refractivity contribution in [1.29, 1.82) is 0 Å². The van der Waals surface area contributed by atoms with Crippen molar-refractivity contribution in [3.63, 3.8) is 0 Å². The number of fused-ring (bicyclic) bond motifs is 1. The van der Waals surface area contributed by atoms with Crippen molar-refractivity contribution in [1.82, 2.24) is 9.97 Å². The Morgan fingerprint density at radius 3 is 2.65 bits per heavy atom. The normalized spacial score (nSPS) is 15.2. The highest BCUT2D eigenvalue weighted by Gasteiger charge is 2.34. The third-order valence-electron chi connectivity index (χ3n) is 5.03. The second-order valence-corrected chi connectivity index (χ2v) is 8.54. The number of nitrogens with one attached hydrogen (secondary N) is 3. The number of amides is 2. The molecule has 1 aromatic heterocycles. The Labute approximate surface area is 183 Å². The maximum Gasteiger partial charge on any atom is 0.257 e. The molecule has 158 valence electrons. The highest BCUT2D eigenvalue weighted by atomic mass is 32.2. The number of aromatic nitrogens is 2. The first kappa shape index (κ1) is 20.9. The van der Waals surface area contributed by atoms with Crippen LogP contribution in [-0.4, -0.2) is 21.8 Å². The van der Waals surface area contributed by atoms with Crippen molar-refractivity contribution in [2.45, 2.75) is 37.1 Å². The van der Waals surface area contributed by atoms with Crippen LogP contribution in [0.2, 0.25) is 0 Å². The highest BCUT2D eigenvalue weighted by Crippen LogP contribution is 2.31. The molecule has 0 radical (unpaired) electrons. The van der Waals surface area contributed by atoms with Gasteiger partial charge in [0.2, 0.25) is 11.8 Å². The fourth-order valence-electron chi connectivity index (χ4n) is 3.43. The van der Waals surface area contributed by atoms with Crippen LogP contribution in [0.1, 0.15) is 34.6 Å². The predicted molar refractivity (Wildman–Crippen MR) is 121 cm³/mol. The Morgan fingerprint density at radius 1 is 1.13 bits per heavy atom. The first-order valence-corrected chi connectivity index (χ1v) is 10.9. The third-order valence-corrected chi connectivity index (χ3v) is 5.97. The van der Waals surface area contributed by atoms with E-state index in [1.54, 1.807) is 6.07 Å². The van der Waals surface area contributed by atoms with E-state index in [1.165, 1.54) is 17.3 Å². The summed E-state index contributed by atoms with van der Waals surface area (Å²) >= 11 is 1.36. The predicted octanol–water partition coefficient (Wildman–Crippen LogP) is 3.74. The van der Waals surface area contributed by atoms with Gasteiger partial charge >= 0.3 is 0 Å². The Hall–Kier alpha value is -3.39. The number of thioether (sulfide) groups is 1. The van der Waals surface area contributed by atoms with Gasteiger partial charge in [-0.25, -0.2) is 4.98 Å². The summed E-state index contributed by atoms with van der Waals surface area (Å²) in [6.07, 6.45) is -0.106. The molecular formula is C23H22N4O3S. The summed E-state index contributed by atoms with van der Waals surface area (Å²) in [4.78, 5) is 45.1. The smallest absolute Gasteiger partial charge is 0.257 e. The van der Waals surface area contributed by atoms with Crippen LogP contribution < -0.4 is 16.2 Å². The quantitative estimate of drug-likeness (QED) is 0.419. The van der Waals surface area contributed by atoms with Gasteiger partial charge in [0.25, 0.3) is 5.56 Å². The number of nitrogens with zero attached hydrogens (tertiary/aromatic N) is 1. The average molecular weight is 435 g/mol. The number of benzene rings is 2. The molecule has 31 heavy (non-hydrogen) atoms. The number of hydrogen-bond donors (Lipinski definition) is 3. The van der Waals surface area contributed by atoms with Crippen molar-refractivity contribution in [2.24, 2.45) is 0 Å². The maximum absolute atomic E-state index is 12.9. The second kappa shape index (κ2) is 8.77. The molecular weight excluding hydrogens is 412 g/mol. The van der Waals surface area contributed by atoms with Crippen LogP contribution in [-0.2, 0) is 15.3 Å². The largest absolute Gasteiger partial charge is 0.326 e. The van der Waals surface area contributed by atoms with E-state index in [4.69, 9.17) is 0 Å². The number of rotatable bonds is 5. The molecule has 0 unspecified atom stereocenters. The molecule has 1 atom stereocenters. The van der Waals surface area contributed by atoms with E-state index in [0.29, 0.717) is 16.6 Å². The van der Waals surface area contributed by atoms with Gasteiger partial charge in [-0.05, 0) is 37.1 Å². The zero-order valence-electron chi connectivity index (χ0n) is 17.2. The number of anilines is 2. The van der Waals surface area contributed by atoms with E-state index < -0.39 is 17.4 Å². The van der Waals surface area contributed by atoms with Crippen LogP contribution in [0.3, 0.4) is 0 Å². The van der Waals surface area contributed by atoms with Crippen molar-refractivity contribution >= 4 is 35.1 Å². The molecule has 0 aliphatic carbocycles. The Bertz CT molecular complexity index is 1200. The van der Waals surface area contributed by atoms with Gasteiger partial charge in [-0.15, -0.1) is 0 Å². The molecule has 7 nitrogen and oxygen atoms in total. The number of aromatic amines is 1. The number of carbonyl (C=O) groups excluding carboxylic acids is 2. The van der Waals surface area contributed by atoms with Crippen LogP contribution in [0, 0.1) is 13.8 Å². The van der Waals surface area contributed by atoms with Gasteiger partial charge in [0, 0.05) is 17.9 Å². The molecule has 2 amide bonds. The van der Waals surface area contributed by atoms with Crippen LogP contribution in [0.4, 0.5) is 11.5 Å². The number of hydrogen-bond acceptors (Lipinski definition) is 5. The van der Waals surface area contributed by atoms with Crippen molar-refractivity contribution in [3.05, 3.63) is 81.1 Å². The summed E-state index contributed by atoms with van der Waals surface area (Å²) in [5.41, 5.74) is 3.65. The van der Waals surface area contributed by atoms with E-state index in [9.17, 15) is 14.4 Å². The monoisotopic (exact) mass is 434 g/mol. The van der Waals surface area contributed by atoms with Gasteiger partial charge < -0.3 is 15.6 Å². The summed E-state index contributed by atoms with van der Waals surface area (Å²) in [6.45, 7) is 3.94. The minimum atomic E-state index is -0.906. The number of carbonyl (C=O) groups is 2. The molecule has 0 fully saturated rings. The standard InChI is InChI=1S/C23H22N4O3S/c1-13-6-8-15(9-7-13)12-31-23-26-20-19(22(30)27-23)17(11-18(28)25-20)21(29)24-16-5-3-4-14(2)10-16/h3-10,17H,11-12H2,1-2H3,(H,24,29)(H2,25,26,27,28,30)/t17-/m0/s1. The number of H-pyrrole nitrogens is 1. The van der Waals surface area contributed by atoms with Crippen LogP contribution >= 0.6 is 11.8 Å². The summed E-state index contributed by atoms with van der Waals surface area (Å²) < 4.78 is 0. The minimum absolute atomic E-state index is 0.106. The van der Waals surface area contributed by atoms with Gasteiger partial charge in [0.05, 0.1) is 11.5 Å². The Balaban J connectivity index is 1.57. The van der Waals surface area contributed by atoms with E-state index in [-0.39, 0.29) is 23.7 Å². The van der Waals surface area contributed by atoms with Gasteiger partial charge in [-0.1, -0.05) is 53.7 Å². The first-order valence-electron chi connectivity index (χ1n) is 9.89. The molecule has 4 rings (SSSR count). The van der Waals surface area contributed by atoms with E-state index in [0.717, 1.165) is 11.1 Å². The summed E-state index contributed by atoms with van der Waals surface area (Å²) in [5, 5.41) is 5.84. The van der Waals surface area contributed by atoms with E-state index >= 15 is 0 Å². The Morgan fingerprint density at radius 2 is 1.90 bits per heavy atom. The molecule has 0 bridgehead atoms. The molecule has 2 aromatic carbocycles. The van der Waals surface area contributed by atoms with Crippen LogP contribution in [0.25, 0.3) is 0 Å². The lowest BCUT2D eigenvalue weighted by molar-refractivity contribution is -0.123. The lowest BCUT2D eigenvalue weighted by Gasteiger charge is -2.23. The molecule has 8 heteroatoms. The number of aryl methyl sites for hydroxylation is 2. The third kappa shape index (κ3) is 4.86. The lowest BCUT2D eigenvalue weighted by Crippen LogP contribution is -2.36. The first-order chi connectivity index (χ1) is 14.9. The average Bonchev–Trinajstić information content (AvgIpc) is 2.72. The van der Waals surface area contributed by atoms with Crippen LogP contribution in [0.5, 0.6) is 0 Å². The molecule has 0 saturated carbocycles. The van der Waals surface area contributed by atoms with Gasteiger partial charge in [-0.3, -0.25) is 14.4 Å². The molecule has 0 saturated heterocycles. The van der Waals surface area contributed by atoms with E-state index in [1.807, 2.05) is 56.3 Å². The molecule has 1 aliphatic heterocycles. The topological polar surface area (TPSA) is 104 Å². The fourth-order valence-corrected chi connectivity index (χ4v) is 4.25. The fraction of sp³-hybridized carbons (Fsp3) is 0.217. The van der Waals surface area contributed by atoms with Crippen molar-refractivity contribution in [3.8, 4) is 0 Å². The molecule has 3 aromatic rings. The zero-order valence-corrected chi connectivity index (χ0v) is 18.0. The summed E-state index contributed by atoms with van der Waals surface area (Å²) in [7, 11) is 0. The summed E-state index contributed by atoms with van der Waals surface area (Å²) in [5.74, 6) is -0.890. The van der Waals surface area contributed by atoms with Crippen molar-refractivity contribution in [2.75, 3.05) is 10.6 Å². The van der Waals surface area contributed by atoms with Crippen molar-refractivity contribution < 1.29 is 9.59 Å². The van der Waals surface area contributed by atoms with Gasteiger partial charge in [0.15, 0.2) is 5.16 Å². The lowest BCUT2D eigenvalue weighted by atomic mass is 9.92. The van der Waals surface area contributed by atoms with E-state index in [2.05, 4.69) is 20.6 Å². The summed E-state index contributed by atoms with van der Waals surface area (Å²) in [6, 6.07) is 15.4. The molecule has 1 aliphatic rings. The van der Waals surface area contributed by atoms with Crippen LogP contribution in [0.15, 0.2) is 58.5 Å². The SMILES string of the molecule is Cc1ccc(CSc2nc3c(c(=O)[nH]2)[C@@H](C(=O)Nc2cccc(C)c2)CC(=O)N3)cc1. The zero-order chi connectivity index (χ0) is 22.0. The van der Waals surface area contributed by atoms with Gasteiger partial charge in [-0.2, -0.15) is 0 Å². The Kier molecular flexibility index (Phi) is 5.90. The minimum Gasteiger partial charge on any atom is -0.326 e. The second-order valence-electron chi connectivity index (χ2n) is 7.57. The molecule has 2 heterocycles.